The third-order valence-corrected chi connectivity index (χ3v) is 3.26. The number of hydrogen-bond donors (Lipinski definition) is 2. The van der Waals surface area contributed by atoms with Crippen LogP contribution in [0.15, 0.2) is 42.5 Å². The van der Waals surface area contributed by atoms with Crippen LogP contribution in [0.3, 0.4) is 0 Å². The Kier molecular flexibility index (Phi) is 4.03. The molecule has 2 aromatic carbocycles. The Morgan fingerprint density at radius 1 is 1.20 bits per heavy atom. The van der Waals surface area contributed by atoms with Crippen molar-refractivity contribution in [3.05, 3.63) is 65.0 Å². The Morgan fingerprint density at radius 2 is 1.90 bits per heavy atom. The summed E-state index contributed by atoms with van der Waals surface area (Å²) in [4.78, 5) is 11.2. The number of para-hydroxylation sites is 1. The van der Waals surface area contributed by atoms with Crippen molar-refractivity contribution in [1.82, 2.24) is 0 Å². The standard InChI is InChI=1S/C16H16FNO2/c1-10-6-3-4-7-12(10)11(2)18-15-13(16(19)20)8-5-9-14(15)17/h3-9,11,18H,1-2H3,(H,19,20). The van der Waals surface area contributed by atoms with E-state index in [1.807, 2.05) is 38.1 Å². The van der Waals surface area contributed by atoms with E-state index >= 15 is 0 Å². The van der Waals surface area contributed by atoms with Crippen molar-refractivity contribution in [3.8, 4) is 0 Å². The van der Waals surface area contributed by atoms with Gasteiger partial charge in [-0.3, -0.25) is 0 Å². The molecule has 104 valence electrons. The Bertz CT molecular complexity index is 640. The summed E-state index contributed by atoms with van der Waals surface area (Å²) in [5.74, 6) is -1.71. The molecule has 1 atom stereocenters. The lowest BCUT2D eigenvalue weighted by Gasteiger charge is -2.19. The van der Waals surface area contributed by atoms with Crippen LogP contribution in [0, 0.1) is 12.7 Å². The van der Waals surface area contributed by atoms with Crippen LogP contribution in [0.2, 0.25) is 0 Å². The fourth-order valence-corrected chi connectivity index (χ4v) is 2.22. The summed E-state index contributed by atoms with van der Waals surface area (Å²) in [7, 11) is 0. The number of carbonyl (C=O) groups is 1. The third-order valence-electron chi connectivity index (χ3n) is 3.26. The normalized spacial score (nSPS) is 11.9. The molecule has 0 radical (unpaired) electrons. The highest BCUT2D eigenvalue weighted by Gasteiger charge is 2.17. The number of anilines is 1. The molecule has 0 aliphatic rings. The van der Waals surface area contributed by atoms with Crippen molar-refractivity contribution in [2.45, 2.75) is 19.9 Å². The van der Waals surface area contributed by atoms with Crippen LogP contribution in [0.1, 0.15) is 34.5 Å². The number of hydrogen-bond acceptors (Lipinski definition) is 2. The molecule has 1 unspecified atom stereocenters. The first-order valence-electron chi connectivity index (χ1n) is 6.34. The summed E-state index contributed by atoms with van der Waals surface area (Å²) in [6, 6.07) is 11.6. The molecule has 0 aliphatic carbocycles. The number of aromatic carboxylic acids is 1. The number of rotatable bonds is 4. The van der Waals surface area contributed by atoms with E-state index in [1.54, 1.807) is 0 Å². The first-order valence-corrected chi connectivity index (χ1v) is 6.34. The van der Waals surface area contributed by atoms with Crippen LogP contribution < -0.4 is 5.32 Å². The molecule has 20 heavy (non-hydrogen) atoms. The van der Waals surface area contributed by atoms with E-state index in [1.165, 1.54) is 18.2 Å². The summed E-state index contributed by atoms with van der Waals surface area (Å²) < 4.78 is 13.9. The Hall–Kier alpha value is -2.36. The molecular weight excluding hydrogens is 257 g/mol. The van der Waals surface area contributed by atoms with Gasteiger partial charge in [0.2, 0.25) is 0 Å². The minimum Gasteiger partial charge on any atom is -0.478 e. The summed E-state index contributed by atoms with van der Waals surface area (Å²) >= 11 is 0. The van der Waals surface area contributed by atoms with Crippen LogP contribution in [-0.4, -0.2) is 11.1 Å². The van der Waals surface area contributed by atoms with E-state index in [4.69, 9.17) is 5.11 Å². The minimum absolute atomic E-state index is 0.0238. The molecule has 0 saturated heterocycles. The summed E-state index contributed by atoms with van der Waals surface area (Å²) in [5.41, 5.74) is 2.04. The highest BCUT2D eigenvalue weighted by atomic mass is 19.1. The van der Waals surface area contributed by atoms with Gasteiger partial charge in [-0.15, -0.1) is 0 Å². The fraction of sp³-hybridized carbons (Fsp3) is 0.188. The van der Waals surface area contributed by atoms with Crippen LogP contribution >= 0.6 is 0 Å². The molecule has 3 nitrogen and oxygen atoms in total. The smallest absolute Gasteiger partial charge is 0.337 e. The van der Waals surface area contributed by atoms with Crippen molar-refractivity contribution in [1.29, 1.82) is 0 Å². The zero-order valence-corrected chi connectivity index (χ0v) is 11.4. The largest absolute Gasteiger partial charge is 0.478 e. The molecule has 0 aliphatic heterocycles. The molecule has 0 amide bonds. The van der Waals surface area contributed by atoms with Crippen molar-refractivity contribution >= 4 is 11.7 Å². The Balaban J connectivity index is 2.35. The lowest BCUT2D eigenvalue weighted by atomic mass is 10.0. The molecular formula is C16H16FNO2. The quantitative estimate of drug-likeness (QED) is 0.885. The van der Waals surface area contributed by atoms with Crippen LogP contribution in [0.5, 0.6) is 0 Å². The van der Waals surface area contributed by atoms with E-state index < -0.39 is 11.8 Å². The van der Waals surface area contributed by atoms with Gasteiger partial charge in [0.05, 0.1) is 11.3 Å². The monoisotopic (exact) mass is 273 g/mol. The second-order valence-electron chi connectivity index (χ2n) is 4.69. The van der Waals surface area contributed by atoms with Crippen LogP contribution in [-0.2, 0) is 0 Å². The molecule has 4 heteroatoms. The van der Waals surface area contributed by atoms with E-state index in [9.17, 15) is 9.18 Å². The summed E-state index contributed by atoms with van der Waals surface area (Å²) in [6.07, 6.45) is 0. The van der Waals surface area contributed by atoms with Gasteiger partial charge < -0.3 is 10.4 Å². The molecule has 0 bridgehead atoms. The summed E-state index contributed by atoms with van der Waals surface area (Å²) in [5, 5.41) is 12.1. The minimum atomic E-state index is -1.15. The van der Waals surface area contributed by atoms with Gasteiger partial charge in [0.15, 0.2) is 0 Å². The van der Waals surface area contributed by atoms with Crippen LogP contribution in [0.25, 0.3) is 0 Å². The zero-order valence-electron chi connectivity index (χ0n) is 11.4. The van der Waals surface area contributed by atoms with Gasteiger partial charge in [0, 0.05) is 6.04 Å². The van der Waals surface area contributed by atoms with Gasteiger partial charge in [-0.1, -0.05) is 30.3 Å². The molecule has 0 heterocycles. The van der Waals surface area contributed by atoms with E-state index in [0.717, 1.165) is 11.1 Å². The highest BCUT2D eigenvalue weighted by molar-refractivity contribution is 5.94. The second kappa shape index (κ2) is 5.74. The Labute approximate surface area is 117 Å². The topological polar surface area (TPSA) is 49.3 Å². The fourth-order valence-electron chi connectivity index (χ4n) is 2.22. The first kappa shape index (κ1) is 14.1. The third kappa shape index (κ3) is 2.79. The lowest BCUT2D eigenvalue weighted by Crippen LogP contribution is -2.13. The predicted molar refractivity (Wildman–Crippen MR) is 76.6 cm³/mol. The number of benzene rings is 2. The lowest BCUT2D eigenvalue weighted by molar-refractivity contribution is 0.0697. The molecule has 0 aromatic heterocycles. The van der Waals surface area contributed by atoms with Gasteiger partial charge in [-0.05, 0) is 37.1 Å². The van der Waals surface area contributed by atoms with Crippen molar-refractivity contribution in [2.24, 2.45) is 0 Å². The van der Waals surface area contributed by atoms with Gasteiger partial charge >= 0.3 is 5.97 Å². The van der Waals surface area contributed by atoms with E-state index in [0.29, 0.717) is 0 Å². The SMILES string of the molecule is Cc1ccccc1C(C)Nc1c(F)cccc1C(=O)O. The maximum Gasteiger partial charge on any atom is 0.337 e. The molecule has 0 fully saturated rings. The molecule has 2 aromatic rings. The van der Waals surface area contributed by atoms with Gasteiger partial charge in [0.1, 0.15) is 5.82 Å². The van der Waals surface area contributed by atoms with Gasteiger partial charge in [-0.25, -0.2) is 9.18 Å². The number of nitrogens with one attached hydrogen (secondary N) is 1. The zero-order chi connectivity index (χ0) is 14.7. The molecule has 2 rings (SSSR count). The average Bonchev–Trinajstić information content (AvgIpc) is 2.41. The number of carboxylic acid groups (broad SMARTS) is 1. The van der Waals surface area contributed by atoms with E-state index in [2.05, 4.69) is 5.32 Å². The van der Waals surface area contributed by atoms with Crippen molar-refractivity contribution in [3.63, 3.8) is 0 Å². The predicted octanol–water partition coefficient (Wildman–Crippen LogP) is 4.01. The average molecular weight is 273 g/mol. The maximum atomic E-state index is 13.9. The van der Waals surface area contributed by atoms with Crippen molar-refractivity contribution in [2.75, 3.05) is 5.32 Å². The molecule has 0 spiro atoms. The first-order chi connectivity index (χ1) is 9.50. The van der Waals surface area contributed by atoms with Crippen molar-refractivity contribution < 1.29 is 14.3 Å². The second-order valence-corrected chi connectivity index (χ2v) is 4.69. The number of aryl methyl sites for hydroxylation is 1. The molecule has 0 saturated carbocycles. The number of carboxylic acids is 1. The maximum absolute atomic E-state index is 13.9. The number of halogens is 1. The van der Waals surface area contributed by atoms with Gasteiger partial charge in [0.25, 0.3) is 0 Å². The summed E-state index contributed by atoms with van der Waals surface area (Å²) in [6.45, 7) is 3.84. The highest BCUT2D eigenvalue weighted by Crippen LogP contribution is 2.26. The van der Waals surface area contributed by atoms with Crippen LogP contribution in [0.4, 0.5) is 10.1 Å². The molecule has 2 N–H and O–H groups in total. The Morgan fingerprint density at radius 3 is 2.55 bits per heavy atom. The van der Waals surface area contributed by atoms with E-state index in [-0.39, 0.29) is 17.3 Å². The van der Waals surface area contributed by atoms with Gasteiger partial charge in [-0.2, -0.15) is 0 Å².